The van der Waals surface area contributed by atoms with Crippen molar-refractivity contribution in [2.75, 3.05) is 33.2 Å². The summed E-state index contributed by atoms with van der Waals surface area (Å²) in [4.78, 5) is 4.86. The molecule has 0 spiro atoms. The molecule has 1 aliphatic heterocycles. The Morgan fingerprint density at radius 3 is 2.33 bits per heavy atom. The highest BCUT2D eigenvalue weighted by Gasteiger charge is 2.12. The molecule has 0 aliphatic carbocycles. The Morgan fingerprint density at radius 2 is 1.83 bits per heavy atom. The first-order valence-corrected chi connectivity index (χ1v) is 4.84. The Bertz CT molecular complexity index is 155. The smallest absolute Gasteiger partial charge is 0.0303 e. The fraction of sp³-hybridized carbons (Fsp3) is 0.800. The summed E-state index contributed by atoms with van der Waals surface area (Å²) in [6.45, 7) is 9.20. The zero-order valence-corrected chi connectivity index (χ0v) is 8.51. The summed E-state index contributed by atoms with van der Waals surface area (Å²) in [6.07, 6.45) is 3.46. The molecule has 0 radical (unpaired) electrons. The van der Waals surface area contributed by atoms with Crippen LogP contribution >= 0.6 is 0 Å². The number of nitrogens with zero attached hydrogens (tertiary/aromatic N) is 2. The molecular formula is C10H20N2. The van der Waals surface area contributed by atoms with Crippen LogP contribution in [0, 0.1) is 0 Å². The fourth-order valence-corrected chi connectivity index (χ4v) is 1.58. The highest BCUT2D eigenvalue weighted by Crippen LogP contribution is 2.08. The highest BCUT2D eigenvalue weighted by molar-refractivity contribution is 4.98. The average molecular weight is 168 g/mol. The zero-order valence-electron chi connectivity index (χ0n) is 8.51. The van der Waals surface area contributed by atoms with Crippen molar-refractivity contribution in [3.8, 4) is 0 Å². The van der Waals surface area contributed by atoms with Crippen molar-refractivity contribution in [1.82, 2.24) is 9.80 Å². The molecular weight excluding hydrogens is 148 g/mol. The maximum Gasteiger partial charge on any atom is 0.0303 e. The van der Waals surface area contributed by atoms with Gasteiger partial charge in [0.1, 0.15) is 0 Å². The highest BCUT2D eigenvalue weighted by atomic mass is 15.2. The molecule has 0 atom stereocenters. The van der Waals surface area contributed by atoms with Crippen LogP contribution in [0.4, 0.5) is 0 Å². The van der Waals surface area contributed by atoms with Crippen molar-refractivity contribution in [3.63, 3.8) is 0 Å². The van der Waals surface area contributed by atoms with E-state index >= 15 is 0 Å². The molecule has 1 fully saturated rings. The number of allylic oxidation sites excluding steroid dienone is 2. The third kappa shape index (κ3) is 2.52. The summed E-state index contributed by atoms with van der Waals surface area (Å²) < 4.78 is 0. The zero-order chi connectivity index (χ0) is 8.97. The number of rotatable bonds is 2. The fourth-order valence-electron chi connectivity index (χ4n) is 1.58. The number of hydrogen-bond acceptors (Lipinski definition) is 2. The van der Waals surface area contributed by atoms with Gasteiger partial charge in [0.05, 0.1) is 0 Å². The van der Waals surface area contributed by atoms with Crippen LogP contribution in [0.5, 0.6) is 0 Å². The van der Waals surface area contributed by atoms with Gasteiger partial charge in [-0.05, 0) is 20.4 Å². The first-order chi connectivity index (χ1) is 5.74. The van der Waals surface area contributed by atoms with Gasteiger partial charge in [-0.2, -0.15) is 0 Å². The molecule has 0 bridgehead atoms. The van der Waals surface area contributed by atoms with Gasteiger partial charge in [-0.1, -0.05) is 13.0 Å². The molecule has 1 rings (SSSR count). The first kappa shape index (κ1) is 9.59. The lowest BCUT2D eigenvalue weighted by Gasteiger charge is -2.34. The topological polar surface area (TPSA) is 6.48 Å². The lowest BCUT2D eigenvalue weighted by molar-refractivity contribution is 0.186. The van der Waals surface area contributed by atoms with Crippen LogP contribution in [0.25, 0.3) is 0 Å². The third-order valence-corrected chi connectivity index (χ3v) is 2.50. The molecule has 0 N–H and O–H groups in total. The van der Waals surface area contributed by atoms with E-state index in [1.54, 1.807) is 0 Å². The molecule has 0 aromatic rings. The Kier molecular flexibility index (Phi) is 3.60. The van der Waals surface area contributed by atoms with Gasteiger partial charge in [0, 0.05) is 31.9 Å². The van der Waals surface area contributed by atoms with E-state index in [9.17, 15) is 0 Å². The Balaban J connectivity index is 2.39. The van der Waals surface area contributed by atoms with E-state index in [1.807, 2.05) is 0 Å². The largest absolute Gasteiger partial charge is 0.373 e. The molecule has 1 saturated heterocycles. The van der Waals surface area contributed by atoms with Crippen LogP contribution < -0.4 is 0 Å². The van der Waals surface area contributed by atoms with Crippen LogP contribution in [-0.2, 0) is 0 Å². The van der Waals surface area contributed by atoms with E-state index < -0.39 is 0 Å². The minimum absolute atomic E-state index is 1.15. The molecule has 12 heavy (non-hydrogen) atoms. The van der Waals surface area contributed by atoms with Gasteiger partial charge >= 0.3 is 0 Å². The number of likely N-dealkylation sites (N-methyl/N-ethyl adjacent to an activating group) is 1. The van der Waals surface area contributed by atoms with Gasteiger partial charge in [-0.25, -0.2) is 0 Å². The van der Waals surface area contributed by atoms with Crippen molar-refractivity contribution in [2.24, 2.45) is 0 Å². The van der Waals surface area contributed by atoms with Gasteiger partial charge in [0.15, 0.2) is 0 Å². The molecule has 0 aromatic carbocycles. The molecule has 2 nitrogen and oxygen atoms in total. The Hall–Kier alpha value is -0.500. The maximum atomic E-state index is 2.48. The Labute approximate surface area is 75.8 Å². The van der Waals surface area contributed by atoms with Crippen molar-refractivity contribution in [3.05, 3.63) is 11.8 Å². The first-order valence-electron chi connectivity index (χ1n) is 4.84. The van der Waals surface area contributed by atoms with Crippen LogP contribution in [0.15, 0.2) is 11.8 Å². The van der Waals surface area contributed by atoms with Gasteiger partial charge < -0.3 is 9.80 Å². The van der Waals surface area contributed by atoms with E-state index in [1.165, 1.54) is 31.9 Å². The summed E-state index contributed by atoms with van der Waals surface area (Å²) in [7, 11) is 2.19. The van der Waals surface area contributed by atoms with Gasteiger partial charge in [0.2, 0.25) is 0 Å². The molecule has 0 saturated carbocycles. The van der Waals surface area contributed by atoms with Crippen molar-refractivity contribution >= 4 is 0 Å². The summed E-state index contributed by atoms with van der Waals surface area (Å²) >= 11 is 0. The molecule has 2 heteroatoms. The number of hydrogen-bond donors (Lipinski definition) is 0. The number of piperazine rings is 1. The third-order valence-electron chi connectivity index (χ3n) is 2.50. The molecule has 70 valence electrons. The standard InChI is InChI=1S/C10H20N2/c1-4-5-10(2)12-8-6-11(3)7-9-12/h5H,4,6-9H2,1-3H3/b10-5-. The monoisotopic (exact) mass is 168 g/mol. The van der Waals surface area contributed by atoms with Gasteiger partial charge in [-0.3, -0.25) is 0 Å². The summed E-state index contributed by atoms with van der Waals surface area (Å²) in [6, 6.07) is 0. The second kappa shape index (κ2) is 4.51. The average Bonchev–Trinajstić information content (AvgIpc) is 2.06. The van der Waals surface area contributed by atoms with Crippen LogP contribution in [-0.4, -0.2) is 43.0 Å². The predicted molar refractivity (Wildman–Crippen MR) is 53.1 cm³/mol. The molecule has 0 amide bonds. The lowest BCUT2D eigenvalue weighted by atomic mass is 10.2. The molecule has 0 unspecified atom stereocenters. The summed E-state index contributed by atoms with van der Waals surface area (Å²) in [5.41, 5.74) is 1.45. The summed E-state index contributed by atoms with van der Waals surface area (Å²) in [5, 5.41) is 0. The molecule has 1 aliphatic rings. The van der Waals surface area contributed by atoms with Gasteiger partial charge in [-0.15, -0.1) is 0 Å². The van der Waals surface area contributed by atoms with Crippen LogP contribution in [0.1, 0.15) is 20.3 Å². The second-order valence-corrected chi connectivity index (χ2v) is 3.54. The van der Waals surface area contributed by atoms with Crippen molar-refractivity contribution < 1.29 is 0 Å². The Morgan fingerprint density at radius 1 is 1.25 bits per heavy atom. The molecule has 1 heterocycles. The van der Waals surface area contributed by atoms with Crippen molar-refractivity contribution in [2.45, 2.75) is 20.3 Å². The van der Waals surface area contributed by atoms with E-state index in [4.69, 9.17) is 0 Å². The molecule has 0 aromatic heterocycles. The predicted octanol–water partition coefficient (Wildman–Crippen LogP) is 1.55. The van der Waals surface area contributed by atoms with Crippen LogP contribution in [0.2, 0.25) is 0 Å². The normalized spacial score (nSPS) is 21.6. The quantitative estimate of drug-likeness (QED) is 0.617. The van der Waals surface area contributed by atoms with E-state index in [0.717, 1.165) is 6.42 Å². The lowest BCUT2D eigenvalue weighted by Crippen LogP contribution is -2.43. The van der Waals surface area contributed by atoms with Crippen molar-refractivity contribution in [1.29, 1.82) is 0 Å². The van der Waals surface area contributed by atoms with E-state index in [2.05, 4.69) is 36.8 Å². The minimum Gasteiger partial charge on any atom is -0.373 e. The maximum absolute atomic E-state index is 2.48. The van der Waals surface area contributed by atoms with E-state index in [0.29, 0.717) is 0 Å². The SMILES string of the molecule is CC/C=C(/C)N1CCN(C)CC1. The second-order valence-electron chi connectivity index (χ2n) is 3.54. The van der Waals surface area contributed by atoms with Gasteiger partial charge in [0.25, 0.3) is 0 Å². The minimum atomic E-state index is 1.15. The summed E-state index contributed by atoms with van der Waals surface area (Å²) in [5.74, 6) is 0. The van der Waals surface area contributed by atoms with E-state index in [-0.39, 0.29) is 0 Å². The van der Waals surface area contributed by atoms with Crippen LogP contribution in [0.3, 0.4) is 0 Å².